The summed E-state index contributed by atoms with van der Waals surface area (Å²) in [5, 5.41) is 0. The van der Waals surface area contributed by atoms with Gasteiger partial charge in [-0.05, 0) is 0 Å². The van der Waals surface area contributed by atoms with Crippen molar-refractivity contribution in [2.45, 2.75) is 0 Å². The van der Waals surface area contributed by atoms with Crippen molar-refractivity contribution in [1.82, 2.24) is 0 Å². The van der Waals surface area contributed by atoms with E-state index in [1.807, 2.05) is 0 Å². The number of hydrogen-bond acceptors (Lipinski definition) is 1. The van der Waals surface area contributed by atoms with Gasteiger partial charge in [-0.2, -0.15) is 0 Å². The molecule has 0 aliphatic rings. The van der Waals surface area contributed by atoms with Gasteiger partial charge in [-0.3, -0.25) is 0 Å². The summed E-state index contributed by atoms with van der Waals surface area (Å²) in [4.78, 5) is 14.2. The summed E-state index contributed by atoms with van der Waals surface area (Å²) >= 11 is 0. The molecule has 3 nitrogen and oxygen atoms in total. The minimum atomic E-state index is -2.87. The van der Waals surface area contributed by atoms with Crippen LogP contribution in [0.4, 0.5) is 0 Å². The fraction of sp³-hybridized carbons (Fsp3) is 0. The molecular weight excluding hydrogens is 127 g/mol. The van der Waals surface area contributed by atoms with Crippen LogP contribution in [0.1, 0.15) is 0 Å². The minimum Gasteiger partial charge on any atom is -0.134 e. The Morgan fingerprint density at radius 3 is 1.40 bits per heavy atom. The van der Waals surface area contributed by atoms with Crippen molar-refractivity contribution in [3.63, 3.8) is 0 Å². The van der Waals surface area contributed by atoms with Crippen molar-refractivity contribution in [3.05, 3.63) is 0 Å². The largest absolute Gasteiger partial charge is 0.692 e. The Morgan fingerprint density at radius 1 is 1.40 bits per heavy atom. The zero-order valence-corrected chi connectivity index (χ0v) is 4.71. The van der Waals surface area contributed by atoms with E-state index in [9.17, 15) is 0 Å². The molecule has 0 aromatic heterocycles. The summed E-state index contributed by atoms with van der Waals surface area (Å²) in [7, 11) is -2.87. The molecule has 0 radical (unpaired) electrons. The second-order valence-electron chi connectivity index (χ2n) is 0.253. The molecule has 0 atom stereocenters. The third-order valence-corrected chi connectivity index (χ3v) is 0. The molecule has 0 saturated heterocycles. The Hall–Kier alpha value is 0.734. The first-order chi connectivity index (χ1) is 1.73. The molecule has 0 rings (SSSR count). The van der Waals surface area contributed by atoms with Gasteiger partial charge in [0.2, 0.25) is 0 Å². The van der Waals surface area contributed by atoms with E-state index < -0.39 is 8.25 Å². The van der Waals surface area contributed by atoms with Crippen molar-refractivity contribution in [1.29, 1.82) is 0 Å². The summed E-state index contributed by atoms with van der Waals surface area (Å²) < 4.78 is 8.70. The molecule has 0 aromatic rings. The maximum atomic E-state index is 8.70. The monoisotopic (exact) mass is 129 g/mol. The van der Waals surface area contributed by atoms with Gasteiger partial charge >= 0.3 is 8.25 Å². The van der Waals surface area contributed by atoms with Crippen LogP contribution in [-0.2, 0) is 26.3 Å². The predicted molar refractivity (Wildman–Crippen MR) is 12.0 cm³/mol. The summed E-state index contributed by atoms with van der Waals surface area (Å²) in [5.74, 6) is 0. The maximum absolute atomic E-state index is 8.70. The van der Waals surface area contributed by atoms with E-state index in [2.05, 4.69) is 0 Å². The van der Waals surface area contributed by atoms with E-state index in [0.29, 0.717) is 0 Å². The molecule has 0 fully saturated rings. The smallest absolute Gasteiger partial charge is 0.134 e. The van der Waals surface area contributed by atoms with E-state index in [1.165, 1.54) is 0 Å². The van der Waals surface area contributed by atoms with Crippen LogP contribution >= 0.6 is 8.25 Å². The average Bonchev–Trinajstić information content (AvgIpc) is 0.811. The van der Waals surface area contributed by atoms with E-state index in [1.54, 1.807) is 0 Å². The van der Waals surface area contributed by atoms with Gasteiger partial charge in [0, 0.05) is 26.3 Å². The first kappa shape index (κ1) is 9.22. The molecule has 0 amide bonds. The van der Waals surface area contributed by atoms with Gasteiger partial charge in [-0.1, -0.05) is 0 Å². The van der Waals surface area contributed by atoms with Crippen LogP contribution in [0, 0.1) is 0 Å². The van der Waals surface area contributed by atoms with E-state index >= 15 is 0 Å². The maximum Gasteiger partial charge on any atom is 0.692 e. The van der Waals surface area contributed by atoms with Crippen LogP contribution in [0.2, 0.25) is 0 Å². The summed E-state index contributed by atoms with van der Waals surface area (Å²) in [5.41, 5.74) is 0. The molecular formula is H2O3PTi+. The third-order valence-electron chi connectivity index (χ3n) is 0. The molecule has 0 saturated carbocycles. The topological polar surface area (TPSA) is 57.5 Å². The molecule has 28 valence electrons. The first-order valence-corrected chi connectivity index (χ1v) is 1.75. The standard InChI is InChI=1S/HO3P.Ti/c1-4(2)3;/h(H-,1,2,3);/p+1. The molecule has 0 aliphatic carbocycles. The van der Waals surface area contributed by atoms with Crippen molar-refractivity contribution in [2.75, 3.05) is 0 Å². The second kappa shape index (κ2) is 4.73. The Morgan fingerprint density at radius 2 is 1.40 bits per heavy atom. The molecule has 0 aliphatic heterocycles. The van der Waals surface area contributed by atoms with E-state index in [0.717, 1.165) is 0 Å². The van der Waals surface area contributed by atoms with Crippen LogP contribution in [0.3, 0.4) is 0 Å². The van der Waals surface area contributed by atoms with Gasteiger partial charge < -0.3 is 0 Å². The summed E-state index contributed by atoms with van der Waals surface area (Å²) in [6, 6.07) is 0. The molecule has 2 N–H and O–H groups in total. The van der Waals surface area contributed by atoms with Gasteiger partial charge in [0.25, 0.3) is 0 Å². The van der Waals surface area contributed by atoms with E-state index in [-0.39, 0.29) is 21.7 Å². The Kier molecular flexibility index (Phi) is 8.73. The van der Waals surface area contributed by atoms with Crippen LogP contribution in [-0.4, -0.2) is 9.79 Å². The molecule has 0 spiro atoms. The van der Waals surface area contributed by atoms with Gasteiger partial charge in [-0.25, -0.2) is 0 Å². The second-order valence-corrected chi connectivity index (χ2v) is 0.758. The van der Waals surface area contributed by atoms with Crippen molar-refractivity contribution >= 4 is 8.25 Å². The Balaban J connectivity index is 0. The van der Waals surface area contributed by atoms with Crippen LogP contribution < -0.4 is 0 Å². The van der Waals surface area contributed by atoms with Crippen molar-refractivity contribution in [2.24, 2.45) is 0 Å². The van der Waals surface area contributed by atoms with Crippen LogP contribution in [0.25, 0.3) is 0 Å². The van der Waals surface area contributed by atoms with Crippen LogP contribution in [0.5, 0.6) is 0 Å². The van der Waals surface area contributed by atoms with Gasteiger partial charge in [0.05, 0.1) is 0 Å². The quantitative estimate of drug-likeness (QED) is 0.346. The zero-order chi connectivity index (χ0) is 3.58. The SMILES string of the molecule is O=[P+](O)O.[Ti]. The number of rotatable bonds is 0. The van der Waals surface area contributed by atoms with Crippen LogP contribution in [0.15, 0.2) is 0 Å². The summed E-state index contributed by atoms with van der Waals surface area (Å²) in [6.07, 6.45) is 0. The fourth-order valence-electron chi connectivity index (χ4n) is 0. The molecule has 0 unspecified atom stereocenters. The first-order valence-electron chi connectivity index (χ1n) is 0.583. The average molecular weight is 129 g/mol. The third kappa shape index (κ3) is 65.6. The Labute approximate surface area is 44.8 Å². The Bertz CT molecular complexity index is 29.9. The zero-order valence-electron chi connectivity index (χ0n) is 2.25. The summed E-state index contributed by atoms with van der Waals surface area (Å²) in [6.45, 7) is 0. The van der Waals surface area contributed by atoms with Gasteiger partial charge in [0.1, 0.15) is 0 Å². The van der Waals surface area contributed by atoms with Gasteiger partial charge in [-0.15, -0.1) is 9.79 Å². The van der Waals surface area contributed by atoms with E-state index in [4.69, 9.17) is 14.4 Å². The molecule has 0 bridgehead atoms. The predicted octanol–water partition coefficient (Wildman–Crippen LogP) is -0.374. The molecule has 0 heterocycles. The normalized spacial score (nSPS) is 5.20. The van der Waals surface area contributed by atoms with Crippen molar-refractivity contribution in [3.8, 4) is 0 Å². The number of hydrogen-bond donors (Lipinski definition) is 2. The van der Waals surface area contributed by atoms with Crippen molar-refractivity contribution < 1.29 is 36.1 Å². The molecule has 5 heteroatoms. The minimum absolute atomic E-state index is 0. The molecule has 5 heavy (non-hydrogen) atoms. The van der Waals surface area contributed by atoms with Gasteiger partial charge in [0.15, 0.2) is 0 Å². The molecule has 0 aromatic carbocycles. The fourth-order valence-corrected chi connectivity index (χ4v) is 0.